The molecule has 1 unspecified atom stereocenters. The van der Waals surface area contributed by atoms with Gasteiger partial charge in [-0.2, -0.15) is 0 Å². The van der Waals surface area contributed by atoms with Crippen LogP contribution in [-0.2, 0) is 4.79 Å². The molecule has 6 nitrogen and oxygen atoms in total. The van der Waals surface area contributed by atoms with Gasteiger partial charge >= 0.3 is 0 Å². The van der Waals surface area contributed by atoms with Gasteiger partial charge in [0.05, 0.1) is 7.11 Å². The van der Waals surface area contributed by atoms with Gasteiger partial charge in [0.2, 0.25) is 11.8 Å². The lowest BCUT2D eigenvalue weighted by Gasteiger charge is -2.22. The topological polar surface area (TPSA) is 80.3 Å². The molecule has 2 N–H and O–H groups in total. The fraction of sp³-hybridized carbons (Fsp3) is 0.417. The van der Waals surface area contributed by atoms with Crippen molar-refractivity contribution in [3.05, 3.63) is 23.9 Å². The molecule has 1 fully saturated rings. The molecular formula is C12H15N3O3. The molecule has 1 aliphatic heterocycles. The summed E-state index contributed by atoms with van der Waals surface area (Å²) in [7, 11) is 1.48. The van der Waals surface area contributed by atoms with Gasteiger partial charge < -0.3 is 15.4 Å². The van der Waals surface area contributed by atoms with Crippen molar-refractivity contribution in [1.29, 1.82) is 0 Å². The molecular weight excluding hydrogens is 234 g/mol. The van der Waals surface area contributed by atoms with Crippen molar-refractivity contribution in [2.75, 3.05) is 13.7 Å². The summed E-state index contributed by atoms with van der Waals surface area (Å²) in [5.41, 5.74) is 0.431. The van der Waals surface area contributed by atoms with E-state index in [1.165, 1.54) is 19.4 Å². The Balaban J connectivity index is 2.04. The Morgan fingerprint density at radius 1 is 1.61 bits per heavy atom. The summed E-state index contributed by atoms with van der Waals surface area (Å²) in [5, 5.41) is 5.42. The minimum absolute atomic E-state index is 0.129. The Morgan fingerprint density at radius 3 is 3.17 bits per heavy atom. The number of ether oxygens (including phenoxy) is 1. The predicted octanol–water partition coefficient (Wildman–Crippen LogP) is 0.0986. The minimum Gasteiger partial charge on any atom is -0.481 e. The summed E-state index contributed by atoms with van der Waals surface area (Å²) in [4.78, 5) is 27.4. The first-order chi connectivity index (χ1) is 8.70. The van der Waals surface area contributed by atoms with Crippen molar-refractivity contribution in [1.82, 2.24) is 15.6 Å². The van der Waals surface area contributed by atoms with Gasteiger partial charge in [0.15, 0.2) is 0 Å². The first kappa shape index (κ1) is 12.3. The van der Waals surface area contributed by atoms with Crippen LogP contribution in [0.15, 0.2) is 18.3 Å². The molecule has 18 heavy (non-hydrogen) atoms. The third kappa shape index (κ3) is 2.77. The number of hydrogen-bond acceptors (Lipinski definition) is 4. The molecule has 0 radical (unpaired) electrons. The maximum Gasteiger partial charge on any atom is 0.252 e. The van der Waals surface area contributed by atoms with Crippen LogP contribution in [0.4, 0.5) is 0 Å². The molecule has 1 saturated heterocycles. The Morgan fingerprint density at radius 2 is 2.44 bits per heavy atom. The van der Waals surface area contributed by atoms with Crippen molar-refractivity contribution in [2.45, 2.75) is 18.9 Å². The molecule has 1 aromatic heterocycles. The van der Waals surface area contributed by atoms with Gasteiger partial charge in [0.25, 0.3) is 5.91 Å². The predicted molar refractivity (Wildman–Crippen MR) is 64.3 cm³/mol. The van der Waals surface area contributed by atoms with E-state index in [4.69, 9.17) is 4.74 Å². The standard InChI is InChI=1S/C12H15N3O3/c1-18-10-7-8(4-6-13-10)11(16)15-9-3-2-5-14-12(9)17/h4,6-7,9H,2-3,5H2,1H3,(H,14,17)(H,15,16). The first-order valence-corrected chi connectivity index (χ1v) is 5.79. The van der Waals surface area contributed by atoms with Crippen LogP contribution in [0.3, 0.4) is 0 Å². The highest BCUT2D eigenvalue weighted by molar-refractivity contribution is 5.97. The third-order valence-electron chi connectivity index (χ3n) is 2.80. The molecule has 2 heterocycles. The monoisotopic (exact) mass is 249 g/mol. The van der Waals surface area contributed by atoms with E-state index in [0.29, 0.717) is 24.4 Å². The Bertz CT molecular complexity index is 462. The van der Waals surface area contributed by atoms with Gasteiger partial charge in [-0.1, -0.05) is 0 Å². The van der Waals surface area contributed by atoms with E-state index in [1.54, 1.807) is 6.07 Å². The summed E-state index contributed by atoms with van der Waals surface area (Å²) in [6.07, 6.45) is 3.03. The van der Waals surface area contributed by atoms with E-state index in [9.17, 15) is 9.59 Å². The van der Waals surface area contributed by atoms with Crippen LogP contribution >= 0.6 is 0 Å². The van der Waals surface area contributed by atoms with E-state index in [2.05, 4.69) is 15.6 Å². The maximum atomic E-state index is 12.0. The van der Waals surface area contributed by atoms with Crippen LogP contribution in [-0.4, -0.2) is 36.5 Å². The zero-order valence-corrected chi connectivity index (χ0v) is 10.1. The molecule has 1 atom stereocenters. The van der Waals surface area contributed by atoms with Gasteiger partial charge in [0, 0.05) is 24.4 Å². The molecule has 2 amide bonds. The van der Waals surface area contributed by atoms with Gasteiger partial charge in [-0.25, -0.2) is 4.98 Å². The largest absolute Gasteiger partial charge is 0.481 e. The second-order valence-corrected chi connectivity index (χ2v) is 4.05. The zero-order chi connectivity index (χ0) is 13.0. The van der Waals surface area contributed by atoms with Gasteiger partial charge in [0.1, 0.15) is 6.04 Å². The number of hydrogen-bond donors (Lipinski definition) is 2. The van der Waals surface area contributed by atoms with Crippen LogP contribution < -0.4 is 15.4 Å². The molecule has 0 saturated carbocycles. The summed E-state index contributed by atoms with van der Waals surface area (Å²) in [6, 6.07) is 2.67. The number of aromatic nitrogens is 1. The molecule has 0 aromatic carbocycles. The first-order valence-electron chi connectivity index (χ1n) is 5.79. The number of amides is 2. The lowest BCUT2D eigenvalue weighted by Crippen LogP contribution is -2.50. The molecule has 96 valence electrons. The lowest BCUT2D eigenvalue weighted by atomic mass is 10.1. The smallest absolute Gasteiger partial charge is 0.252 e. The number of rotatable bonds is 3. The number of pyridine rings is 1. The molecule has 0 spiro atoms. The van der Waals surface area contributed by atoms with Crippen molar-refractivity contribution in [3.8, 4) is 5.88 Å². The van der Waals surface area contributed by atoms with Crippen molar-refractivity contribution in [3.63, 3.8) is 0 Å². The molecule has 0 aliphatic carbocycles. The lowest BCUT2D eigenvalue weighted by molar-refractivity contribution is -0.124. The quantitative estimate of drug-likeness (QED) is 0.796. The van der Waals surface area contributed by atoms with Crippen molar-refractivity contribution >= 4 is 11.8 Å². The minimum atomic E-state index is -0.453. The number of nitrogens with one attached hydrogen (secondary N) is 2. The van der Waals surface area contributed by atoms with Crippen LogP contribution in [0.2, 0.25) is 0 Å². The van der Waals surface area contributed by atoms with Crippen molar-refractivity contribution in [2.24, 2.45) is 0 Å². The highest BCUT2D eigenvalue weighted by Crippen LogP contribution is 2.10. The molecule has 1 aliphatic rings. The average Bonchev–Trinajstić information content (AvgIpc) is 2.41. The summed E-state index contributed by atoms with van der Waals surface area (Å²) >= 11 is 0. The van der Waals surface area contributed by atoms with Crippen LogP contribution in [0, 0.1) is 0 Å². The SMILES string of the molecule is COc1cc(C(=O)NC2CCCNC2=O)ccn1. The highest BCUT2D eigenvalue weighted by atomic mass is 16.5. The van der Waals surface area contributed by atoms with Gasteiger partial charge in [-0.15, -0.1) is 0 Å². The van der Waals surface area contributed by atoms with E-state index < -0.39 is 6.04 Å². The second kappa shape index (κ2) is 5.48. The summed E-state index contributed by atoms with van der Waals surface area (Å²) in [6.45, 7) is 0.675. The number of carbonyl (C=O) groups is 2. The van der Waals surface area contributed by atoms with Crippen LogP contribution in [0.25, 0.3) is 0 Å². The van der Waals surface area contributed by atoms with E-state index in [1.807, 2.05) is 0 Å². The number of nitrogens with zero attached hydrogens (tertiary/aromatic N) is 1. The zero-order valence-electron chi connectivity index (χ0n) is 10.1. The van der Waals surface area contributed by atoms with Crippen LogP contribution in [0.5, 0.6) is 5.88 Å². The fourth-order valence-corrected chi connectivity index (χ4v) is 1.81. The number of piperidine rings is 1. The Kier molecular flexibility index (Phi) is 3.76. The maximum absolute atomic E-state index is 12.0. The van der Waals surface area contributed by atoms with Crippen molar-refractivity contribution < 1.29 is 14.3 Å². The Labute approximate surface area is 105 Å². The molecule has 6 heteroatoms. The average molecular weight is 249 g/mol. The number of carbonyl (C=O) groups excluding carboxylic acids is 2. The Hall–Kier alpha value is -2.11. The molecule has 0 bridgehead atoms. The third-order valence-corrected chi connectivity index (χ3v) is 2.80. The van der Waals surface area contributed by atoms with E-state index >= 15 is 0 Å². The fourth-order valence-electron chi connectivity index (χ4n) is 1.81. The van der Waals surface area contributed by atoms with Gasteiger partial charge in [-0.3, -0.25) is 9.59 Å². The molecule has 1 aromatic rings. The normalized spacial score (nSPS) is 18.9. The second-order valence-electron chi connectivity index (χ2n) is 4.05. The van der Waals surface area contributed by atoms with Gasteiger partial charge in [-0.05, 0) is 18.9 Å². The highest BCUT2D eigenvalue weighted by Gasteiger charge is 2.24. The number of methoxy groups -OCH3 is 1. The van der Waals surface area contributed by atoms with Crippen LogP contribution in [0.1, 0.15) is 23.2 Å². The molecule has 2 rings (SSSR count). The summed E-state index contributed by atoms with van der Waals surface area (Å²) < 4.78 is 4.95. The summed E-state index contributed by atoms with van der Waals surface area (Å²) in [5.74, 6) is -0.0517. The van der Waals surface area contributed by atoms with E-state index in [0.717, 1.165) is 6.42 Å². The van der Waals surface area contributed by atoms with E-state index in [-0.39, 0.29) is 11.8 Å².